The Kier molecular flexibility index (Phi) is 3.14. The van der Waals surface area contributed by atoms with E-state index >= 15 is 0 Å². The summed E-state index contributed by atoms with van der Waals surface area (Å²) in [5, 5.41) is 18.4. The molecule has 84 valence electrons. The first-order valence-electron chi connectivity index (χ1n) is 4.41. The van der Waals surface area contributed by atoms with Gasteiger partial charge in [0, 0.05) is 6.07 Å². The van der Waals surface area contributed by atoms with E-state index in [1.165, 1.54) is 19.1 Å². The SMILES string of the molecule is CC(N)(Cc1ccc(O)cc1O)C(F)F. The largest absolute Gasteiger partial charge is 0.508 e. The third kappa shape index (κ3) is 2.79. The number of phenolic OH excluding ortho intramolecular Hbond substituents is 2. The summed E-state index contributed by atoms with van der Waals surface area (Å²) in [6.07, 6.45) is -2.83. The molecule has 0 saturated carbocycles. The fraction of sp³-hybridized carbons (Fsp3) is 0.400. The van der Waals surface area contributed by atoms with E-state index in [9.17, 15) is 13.9 Å². The van der Waals surface area contributed by atoms with Crippen LogP contribution in [0.25, 0.3) is 0 Å². The molecule has 5 heteroatoms. The third-order valence-corrected chi connectivity index (χ3v) is 2.14. The average molecular weight is 217 g/mol. The monoisotopic (exact) mass is 217 g/mol. The Hall–Kier alpha value is -1.36. The Morgan fingerprint density at radius 3 is 2.47 bits per heavy atom. The van der Waals surface area contributed by atoms with Gasteiger partial charge in [-0.15, -0.1) is 0 Å². The fourth-order valence-corrected chi connectivity index (χ4v) is 1.19. The number of hydrogen-bond donors (Lipinski definition) is 3. The molecule has 1 atom stereocenters. The normalized spacial score (nSPS) is 15.3. The standard InChI is InChI=1S/C10H13F2NO2/c1-10(13,9(11)12)5-6-2-3-7(14)4-8(6)15/h2-4,9,14-15H,5,13H2,1H3. The highest BCUT2D eigenvalue weighted by atomic mass is 19.3. The van der Waals surface area contributed by atoms with Gasteiger partial charge in [-0.3, -0.25) is 0 Å². The molecule has 0 aliphatic carbocycles. The van der Waals surface area contributed by atoms with Crippen molar-refractivity contribution in [2.24, 2.45) is 5.73 Å². The van der Waals surface area contributed by atoms with Gasteiger partial charge in [0.2, 0.25) is 0 Å². The minimum absolute atomic E-state index is 0.118. The lowest BCUT2D eigenvalue weighted by Crippen LogP contribution is -2.45. The molecule has 1 unspecified atom stereocenters. The predicted octanol–water partition coefficient (Wildman–Crippen LogP) is 1.62. The van der Waals surface area contributed by atoms with E-state index in [2.05, 4.69) is 0 Å². The third-order valence-electron chi connectivity index (χ3n) is 2.14. The number of hydrogen-bond acceptors (Lipinski definition) is 3. The number of halogens is 2. The van der Waals surface area contributed by atoms with E-state index in [4.69, 9.17) is 10.8 Å². The van der Waals surface area contributed by atoms with Gasteiger partial charge in [-0.25, -0.2) is 8.78 Å². The highest BCUT2D eigenvalue weighted by molar-refractivity contribution is 5.39. The predicted molar refractivity (Wildman–Crippen MR) is 52.1 cm³/mol. The summed E-state index contributed by atoms with van der Waals surface area (Å²) in [7, 11) is 0. The van der Waals surface area contributed by atoms with Crippen molar-refractivity contribution in [3.63, 3.8) is 0 Å². The maximum atomic E-state index is 12.5. The average Bonchev–Trinajstić information content (AvgIpc) is 2.09. The summed E-state index contributed by atoms with van der Waals surface area (Å²) in [4.78, 5) is 0. The quantitative estimate of drug-likeness (QED) is 0.720. The molecule has 0 amide bonds. The first kappa shape index (κ1) is 11.7. The number of rotatable bonds is 3. The first-order chi connectivity index (χ1) is 6.83. The maximum Gasteiger partial charge on any atom is 0.256 e. The summed E-state index contributed by atoms with van der Waals surface area (Å²) in [5.41, 5.74) is 3.98. The zero-order chi connectivity index (χ0) is 11.6. The second kappa shape index (κ2) is 4.02. The molecule has 1 rings (SSSR count). The highest BCUT2D eigenvalue weighted by Crippen LogP contribution is 2.27. The first-order valence-corrected chi connectivity index (χ1v) is 4.41. The van der Waals surface area contributed by atoms with Gasteiger partial charge in [0.25, 0.3) is 6.43 Å². The molecular weight excluding hydrogens is 204 g/mol. The van der Waals surface area contributed by atoms with Gasteiger partial charge in [-0.1, -0.05) is 6.07 Å². The Balaban J connectivity index is 2.90. The summed E-state index contributed by atoms with van der Waals surface area (Å²) >= 11 is 0. The van der Waals surface area contributed by atoms with Crippen LogP contribution in [0.1, 0.15) is 12.5 Å². The van der Waals surface area contributed by atoms with Crippen molar-refractivity contribution in [2.45, 2.75) is 25.3 Å². The smallest absolute Gasteiger partial charge is 0.256 e. The second-order valence-electron chi connectivity index (χ2n) is 3.80. The molecule has 0 fully saturated rings. The summed E-state index contributed by atoms with van der Waals surface area (Å²) < 4.78 is 24.9. The van der Waals surface area contributed by atoms with Crippen molar-refractivity contribution in [1.29, 1.82) is 0 Å². The van der Waals surface area contributed by atoms with Crippen LogP contribution in [0.3, 0.4) is 0 Å². The second-order valence-corrected chi connectivity index (χ2v) is 3.80. The minimum Gasteiger partial charge on any atom is -0.508 e. The van der Waals surface area contributed by atoms with Crippen LogP contribution in [0.15, 0.2) is 18.2 Å². The van der Waals surface area contributed by atoms with Crippen LogP contribution >= 0.6 is 0 Å². The lowest BCUT2D eigenvalue weighted by atomic mass is 9.94. The van der Waals surface area contributed by atoms with E-state index in [0.29, 0.717) is 0 Å². The molecule has 0 saturated heterocycles. The highest BCUT2D eigenvalue weighted by Gasteiger charge is 2.31. The van der Waals surface area contributed by atoms with Crippen LogP contribution in [0, 0.1) is 0 Å². The van der Waals surface area contributed by atoms with E-state index < -0.39 is 12.0 Å². The number of alkyl halides is 2. The van der Waals surface area contributed by atoms with Crippen LogP contribution in [0.2, 0.25) is 0 Å². The lowest BCUT2D eigenvalue weighted by Gasteiger charge is -2.23. The maximum absolute atomic E-state index is 12.5. The molecule has 0 aliphatic heterocycles. The zero-order valence-electron chi connectivity index (χ0n) is 8.24. The molecule has 4 N–H and O–H groups in total. The molecule has 1 aromatic carbocycles. The number of phenols is 2. The van der Waals surface area contributed by atoms with Crippen LogP contribution in [0.4, 0.5) is 8.78 Å². The Morgan fingerprint density at radius 1 is 1.40 bits per heavy atom. The summed E-state index contributed by atoms with van der Waals surface area (Å²) in [6, 6.07) is 3.78. The Morgan fingerprint density at radius 2 is 2.00 bits per heavy atom. The van der Waals surface area contributed by atoms with E-state index in [1.807, 2.05) is 0 Å². The number of nitrogens with two attached hydrogens (primary N) is 1. The van der Waals surface area contributed by atoms with E-state index in [0.717, 1.165) is 6.07 Å². The topological polar surface area (TPSA) is 66.5 Å². The number of aromatic hydroxyl groups is 2. The number of benzene rings is 1. The van der Waals surface area contributed by atoms with Crippen LogP contribution in [-0.2, 0) is 6.42 Å². The lowest BCUT2D eigenvalue weighted by molar-refractivity contribution is 0.0636. The van der Waals surface area contributed by atoms with Gasteiger partial charge >= 0.3 is 0 Å². The van der Waals surface area contributed by atoms with Crippen molar-refractivity contribution in [1.82, 2.24) is 0 Å². The zero-order valence-corrected chi connectivity index (χ0v) is 8.24. The molecule has 0 aliphatic rings. The van der Waals surface area contributed by atoms with Gasteiger partial charge in [0.15, 0.2) is 0 Å². The van der Waals surface area contributed by atoms with Crippen LogP contribution in [-0.4, -0.2) is 22.2 Å². The van der Waals surface area contributed by atoms with Crippen molar-refractivity contribution >= 4 is 0 Å². The molecule has 15 heavy (non-hydrogen) atoms. The van der Waals surface area contributed by atoms with E-state index in [1.54, 1.807) is 0 Å². The molecule has 0 heterocycles. The minimum atomic E-state index is -2.68. The van der Waals surface area contributed by atoms with E-state index in [-0.39, 0.29) is 23.5 Å². The molecule has 0 bridgehead atoms. The van der Waals surface area contributed by atoms with Crippen molar-refractivity contribution in [2.75, 3.05) is 0 Å². The molecule has 3 nitrogen and oxygen atoms in total. The molecule has 0 aromatic heterocycles. The fourth-order valence-electron chi connectivity index (χ4n) is 1.19. The van der Waals surface area contributed by atoms with Crippen molar-refractivity contribution < 1.29 is 19.0 Å². The van der Waals surface area contributed by atoms with Gasteiger partial charge in [-0.2, -0.15) is 0 Å². The van der Waals surface area contributed by atoms with Crippen molar-refractivity contribution in [3.05, 3.63) is 23.8 Å². The molecule has 0 spiro atoms. The van der Waals surface area contributed by atoms with Gasteiger partial charge in [-0.05, 0) is 25.0 Å². The molecular formula is C10H13F2NO2. The summed E-state index contributed by atoms with van der Waals surface area (Å²) in [5.74, 6) is -0.348. The molecule has 1 aromatic rings. The van der Waals surface area contributed by atoms with Gasteiger partial charge in [0.05, 0.1) is 5.54 Å². The Labute approximate surface area is 86.2 Å². The van der Waals surface area contributed by atoms with Gasteiger partial charge < -0.3 is 15.9 Å². The van der Waals surface area contributed by atoms with Crippen LogP contribution < -0.4 is 5.73 Å². The van der Waals surface area contributed by atoms with Crippen LogP contribution in [0.5, 0.6) is 11.5 Å². The Bertz CT molecular complexity index is 353. The summed E-state index contributed by atoms with van der Waals surface area (Å²) in [6.45, 7) is 1.21. The molecule has 0 radical (unpaired) electrons. The van der Waals surface area contributed by atoms with Crippen molar-refractivity contribution in [3.8, 4) is 11.5 Å². The van der Waals surface area contributed by atoms with Gasteiger partial charge in [0.1, 0.15) is 11.5 Å².